The SMILES string of the molecule is Oc1ccc(C(O)(c2ccccc2)c2cccc(C3CCCCC3)c2)c(O)c1C1CCCCC1. The summed E-state index contributed by atoms with van der Waals surface area (Å²) in [5.74, 6) is 0.781. The largest absolute Gasteiger partial charge is 0.508 e. The number of benzene rings is 3. The Morgan fingerprint density at radius 3 is 1.91 bits per heavy atom. The van der Waals surface area contributed by atoms with Gasteiger partial charge >= 0.3 is 0 Å². The molecule has 3 N–H and O–H groups in total. The van der Waals surface area contributed by atoms with Crippen LogP contribution in [0, 0.1) is 0 Å². The Labute approximate surface area is 203 Å². The topological polar surface area (TPSA) is 60.7 Å². The monoisotopic (exact) mass is 456 g/mol. The van der Waals surface area contributed by atoms with E-state index in [0.717, 1.165) is 31.2 Å². The quantitative estimate of drug-likeness (QED) is 0.349. The molecule has 0 saturated heterocycles. The second kappa shape index (κ2) is 9.84. The van der Waals surface area contributed by atoms with Gasteiger partial charge in [0.25, 0.3) is 0 Å². The first-order valence-electron chi connectivity index (χ1n) is 13.0. The molecule has 5 rings (SSSR count). The minimum atomic E-state index is -1.52. The lowest BCUT2D eigenvalue weighted by Gasteiger charge is -2.33. The van der Waals surface area contributed by atoms with Gasteiger partial charge in [0.1, 0.15) is 17.1 Å². The molecule has 0 heterocycles. The molecule has 2 fully saturated rings. The molecule has 0 amide bonds. The maximum Gasteiger partial charge on any atom is 0.144 e. The standard InChI is InChI=1S/C31H36O3/c32-28-20-19-27(30(33)29(28)23-13-6-2-7-14-23)31(34,25-16-8-3-9-17-25)26-18-10-15-24(21-26)22-11-4-1-5-12-22/h3,8-10,15-23,32-34H,1-2,4-7,11-14H2. The molecule has 0 bridgehead atoms. The first-order chi connectivity index (χ1) is 16.6. The van der Waals surface area contributed by atoms with Gasteiger partial charge in [0.2, 0.25) is 0 Å². The summed E-state index contributed by atoms with van der Waals surface area (Å²) in [4.78, 5) is 0. The van der Waals surface area contributed by atoms with Crippen molar-refractivity contribution in [3.05, 3.63) is 94.5 Å². The van der Waals surface area contributed by atoms with Crippen LogP contribution in [0.5, 0.6) is 11.5 Å². The molecule has 0 aromatic heterocycles. The molecule has 1 atom stereocenters. The molecule has 34 heavy (non-hydrogen) atoms. The lowest BCUT2D eigenvalue weighted by Crippen LogP contribution is -2.29. The zero-order chi connectivity index (χ0) is 23.5. The van der Waals surface area contributed by atoms with Crippen molar-refractivity contribution < 1.29 is 15.3 Å². The van der Waals surface area contributed by atoms with Crippen molar-refractivity contribution in [3.63, 3.8) is 0 Å². The number of phenolic OH excluding ortho intramolecular Hbond substituents is 2. The summed E-state index contributed by atoms with van der Waals surface area (Å²) in [6.45, 7) is 0. The van der Waals surface area contributed by atoms with Gasteiger partial charge in [-0.25, -0.2) is 0 Å². The molecule has 2 aliphatic rings. The van der Waals surface area contributed by atoms with Crippen LogP contribution in [0.3, 0.4) is 0 Å². The van der Waals surface area contributed by atoms with E-state index in [1.165, 1.54) is 44.1 Å². The van der Waals surface area contributed by atoms with Gasteiger partial charge in [0, 0.05) is 11.1 Å². The maximum atomic E-state index is 12.5. The average molecular weight is 457 g/mol. The van der Waals surface area contributed by atoms with Crippen molar-refractivity contribution in [2.24, 2.45) is 0 Å². The third-order valence-electron chi connectivity index (χ3n) is 8.17. The van der Waals surface area contributed by atoms with Crippen LogP contribution < -0.4 is 0 Å². The van der Waals surface area contributed by atoms with E-state index in [4.69, 9.17) is 0 Å². The fourth-order valence-corrected chi connectivity index (χ4v) is 6.29. The summed E-state index contributed by atoms with van der Waals surface area (Å²) in [6, 6.07) is 21.3. The number of phenols is 2. The molecule has 3 nitrogen and oxygen atoms in total. The third-order valence-corrected chi connectivity index (χ3v) is 8.17. The second-order valence-electron chi connectivity index (χ2n) is 10.3. The molecule has 178 valence electrons. The zero-order valence-corrected chi connectivity index (χ0v) is 19.9. The molecule has 3 heteroatoms. The van der Waals surface area contributed by atoms with Crippen LogP contribution in [-0.2, 0) is 5.60 Å². The van der Waals surface area contributed by atoms with Crippen molar-refractivity contribution >= 4 is 0 Å². The summed E-state index contributed by atoms with van der Waals surface area (Å²) in [5.41, 5.74) is 2.25. The van der Waals surface area contributed by atoms with E-state index >= 15 is 0 Å². The average Bonchev–Trinajstić information content (AvgIpc) is 2.90. The van der Waals surface area contributed by atoms with Gasteiger partial charge in [-0.05, 0) is 66.3 Å². The number of aromatic hydroxyl groups is 2. The van der Waals surface area contributed by atoms with Crippen LogP contribution in [0.2, 0.25) is 0 Å². The van der Waals surface area contributed by atoms with E-state index < -0.39 is 5.60 Å². The maximum absolute atomic E-state index is 12.5. The number of hydrogen-bond donors (Lipinski definition) is 3. The van der Waals surface area contributed by atoms with Gasteiger partial charge in [0.15, 0.2) is 0 Å². The van der Waals surface area contributed by atoms with Crippen LogP contribution in [-0.4, -0.2) is 15.3 Å². The Hall–Kier alpha value is -2.78. The van der Waals surface area contributed by atoms with Gasteiger partial charge in [0.05, 0.1) is 0 Å². The van der Waals surface area contributed by atoms with Crippen LogP contribution in [0.4, 0.5) is 0 Å². The highest BCUT2D eigenvalue weighted by Crippen LogP contribution is 2.49. The lowest BCUT2D eigenvalue weighted by atomic mass is 9.75. The Morgan fingerprint density at radius 2 is 1.24 bits per heavy atom. The van der Waals surface area contributed by atoms with E-state index in [1.54, 1.807) is 12.1 Å². The highest BCUT2D eigenvalue weighted by Gasteiger charge is 2.39. The van der Waals surface area contributed by atoms with Crippen molar-refractivity contribution in [1.82, 2.24) is 0 Å². The molecular formula is C31H36O3. The first kappa shape index (κ1) is 23.0. The molecule has 2 saturated carbocycles. The van der Waals surface area contributed by atoms with E-state index in [2.05, 4.69) is 12.1 Å². The van der Waals surface area contributed by atoms with Gasteiger partial charge in [-0.1, -0.05) is 93.1 Å². The van der Waals surface area contributed by atoms with Crippen molar-refractivity contribution in [3.8, 4) is 11.5 Å². The van der Waals surface area contributed by atoms with Gasteiger partial charge in [-0.3, -0.25) is 0 Å². The Kier molecular flexibility index (Phi) is 6.65. The zero-order valence-electron chi connectivity index (χ0n) is 19.9. The van der Waals surface area contributed by atoms with Gasteiger partial charge < -0.3 is 15.3 Å². The minimum Gasteiger partial charge on any atom is -0.508 e. The Morgan fingerprint density at radius 1 is 0.618 bits per heavy atom. The summed E-state index contributed by atoms with van der Waals surface area (Å²) in [6.07, 6.45) is 11.5. The van der Waals surface area contributed by atoms with E-state index in [-0.39, 0.29) is 17.4 Å². The molecule has 3 aromatic carbocycles. The van der Waals surface area contributed by atoms with E-state index in [1.807, 2.05) is 42.5 Å². The van der Waals surface area contributed by atoms with Crippen molar-refractivity contribution in [1.29, 1.82) is 0 Å². The molecule has 0 aliphatic heterocycles. The molecular weight excluding hydrogens is 420 g/mol. The minimum absolute atomic E-state index is 0.0290. The van der Waals surface area contributed by atoms with Gasteiger partial charge in [-0.2, -0.15) is 0 Å². The summed E-state index contributed by atoms with van der Waals surface area (Å²) in [7, 11) is 0. The fourth-order valence-electron chi connectivity index (χ4n) is 6.29. The lowest BCUT2D eigenvalue weighted by molar-refractivity contribution is 0.122. The molecule has 0 spiro atoms. The number of rotatable bonds is 5. The van der Waals surface area contributed by atoms with E-state index in [0.29, 0.717) is 22.6 Å². The first-order valence-corrected chi connectivity index (χ1v) is 13.0. The molecule has 2 aliphatic carbocycles. The predicted octanol–water partition coefficient (Wildman–Crippen LogP) is 7.48. The third kappa shape index (κ3) is 4.22. The Balaban J connectivity index is 1.66. The molecule has 0 radical (unpaired) electrons. The van der Waals surface area contributed by atoms with Crippen LogP contribution in [0.25, 0.3) is 0 Å². The highest BCUT2D eigenvalue weighted by atomic mass is 16.3. The van der Waals surface area contributed by atoms with Crippen LogP contribution in [0.1, 0.15) is 104 Å². The van der Waals surface area contributed by atoms with Crippen molar-refractivity contribution in [2.75, 3.05) is 0 Å². The number of hydrogen-bond acceptors (Lipinski definition) is 3. The summed E-state index contributed by atoms with van der Waals surface area (Å²) >= 11 is 0. The molecule has 1 unspecified atom stereocenters. The fraction of sp³-hybridized carbons (Fsp3) is 0.419. The molecule has 3 aromatic rings. The van der Waals surface area contributed by atoms with Crippen molar-refractivity contribution in [2.45, 2.75) is 81.6 Å². The number of aliphatic hydroxyl groups is 1. The van der Waals surface area contributed by atoms with E-state index in [9.17, 15) is 15.3 Å². The van der Waals surface area contributed by atoms with Gasteiger partial charge in [-0.15, -0.1) is 0 Å². The predicted molar refractivity (Wildman–Crippen MR) is 136 cm³/mol. The second-order valence-corrected chi connectivity index (χ2v) is 10.3. The normalized spacial score (nSPS) is 19.6. The van der Waals surface area contributed by atoms with Crippen LogP contribution in [0.15, 0.2) is 66.7 Å². The van der Waals surface area contributed by atoms with Crippen LogP contribution >= 0.6 is 0 Å². The highest BCUT2D eigenvalue weighted by molar-refractivity contribution is 5.59. The summed E-state index contributed by atoms with van der Waals surface area (Å²) in [5, 5.41) is 34.8. The Bertz CT molecular complexity index is 1110. The summed E-state index contributed by atoms with van der Waals surface area (Å²) < 4.78 is 0. The smallest absolute Gasteiger partial charge is 0.144 e.